The van der Waals surface area contributed by atoms with Crippen LogP contribution < -0.4 is 15.5 Å². The normalized spacial score (nSPS) is 16.9. The number of aryl methyl sites for hydroxylation is 1. The quantitative estimate of drug-likeness (QED) is 0.189. The Balaban J connectivity index is 1.54. The summed E-state index contributed by atoms with van der Waals surface area (Å²) in [5, 5.41) is 17.1. The zero-order chi connectivity index (χ0) is 35.6. The first-order chi connectivity index (χ1) is 23.1. The zero-order valence-corrected chi connectivity index (χ0v) is 29.6. The molecular formula is C36H38BrN5O7. The number of halogens is 1. The molecule has 4 bridgehead atoms. The predicted molar refractivity (Wildman–Crippen MR) is 190 cm³/mol. The molecular weight excluding hydrogens is 694 g/mol. The van der Waals surface area contributed by atoms with E-state index in [2.05, 4.69) is 31.5 Å². The molecule has 1 aromatic heterocycles. The van der Waals surface area contributed by atoms with Crippen molar-refractivity contribution in [2.75, 3.05) is 29.2 Å². The standard InChI is InChI=1S/C36H38BrN5O7/c1-20-15-23-7-10-27(20)21(2)19-48-33(44)40-26-9-12-29(37)24(17-26)18-41(6)32(43)30(23)39-25-8-11-28-22(16-25)13-14-38-31(28)42(34(45)46)35(47)49-36(3,4)5/h7-17,21,30,39H,18-19H2,1-6H3,(H,40,44)(H,45,46)/t21-,30+/m0/s1. The third-order valence-corrected chi connectivity index (χ3v) is 8.75. The van der Waals surface area contributed by atoms with Crippen LogP contribution in [-0.4, -0.2) is 58.4 Å². The number of nitrogens with zero attached hydrogens (tertiary/aromatic N) is 3. The molecule has 3 N–H and O–H groups in total. The largest absolute Gasteiger partial charge is 0.464 e. The van der Waals surface area contributed by atoms with E-state index in [4.69, 9.17) is 9.47 Å². The minimum atomic E-state index is -1.53. The highest BCUT2D eigenvalue weighted by molar-refractivity contribution is 9.10. The van der Waals surface area contributed by atoms with Crippen LogP contribution in [0.3, 0.4) is 0 Å². The van der Waals surface area contributed by atoms with Gasteiger partial charge in [-0.3, -0.25) is 10.1 Å². The molecule has 0 unspecified atom stereocenters. The van der Waals surface area contributed by atoms with Crippen molar-refractivity contribution in [3.8, 4) is 0 Å². The van der Waals surface area contributed by atoms with Gasteiger partial charge in [-0.2, -0.15) is 4.90 Å². The van der Waals surface area contributed by atoms with Gasteiger partial charge in [-0.05, 0) is 97.8 Å². The Morgan fingerprint density at radius 3 is 2.55 bits per heavy atom. The second-order valence-electron chi connectivity index (χ2n) is 13.0. The summed E-state index contributed by atoms with van der Waals surface area (Å²) >= 11 is 3.57. The van der Waals surface area contributed by atoms with Crippen molar-refractivity contribution in [3.05, 3.63) is 93.6 Å². The number of carboxylic acid groups (broad SMARTS) is 1. The van der Waals surface area contributed by atoms with Crippen LogP contribution >= 0.6 is 15.9 Å². The molecule has 0 fully saturated rings. The third kappa shape index (κ3) is 8.11. The Morgan fingerprint density at radius 1 is 1.10 bits per heavy atom. The molecule has 49 heavy (non-hydrogen) atoms. The molecule has 0 radical (unpaired) electrons. The SMILES string of the molecule is Cc1cc2ccc1[C@@H](C)COC(=O)Nc1ccc(Br)c(c1)CN(C)C(=O)[C@@H]2Nc1ccc2c(N(C(=O)O)C(=O)OC(C)(C)C)nccc2c1. The molecule has 2 aliphatic rings. The number of carbonyl (C=O) groups is 4. The van der Waals surface area contributed by atoms with E-state index >= 15 is 0 Å². The highest BCUT2D eigenvalue weighted by atomic mass is 79.9. The summed E-state index contributed by atoms with van der Waals surface area (Å²) < 4.78 is 11.6. The van der Waals surface area contributed by atoms with E-state index < -0.39 is 29.9 Å². The highest BCUT2D eigenvalue weighted by Crippen LogP contribution is 2.32. The van der Waals surface area contributed by atoms with E-state index in [9.17, 15) is 24.3 Å². The van der Waals surface area contributed by atoms with E-state index in [1.54, 1.807) is 75.2 Å². The van der Waals surface area contributed by atoms with Crippen molar-refractivity contribution >= 4 is 68.1 Å². The van der Waals surface area contributed by atoms with E-state index in [0.29, 0.717) is 27.0 Å². The third-order valence-electron chi connectivity index (χ3n) is 7.98. The molecule has 3 aromatic carbocycles. The number of hydrogen-bond acceptors (Lipinski definition) is 8. The molecule has 4 amide bonds. The molecule has 2 atom stereocenters. The molecule has 256 valence electrons. The summed E-state index contributed by atoms with van der Waals surface area (Å²) in [6.45, 7) is 9.26. The van der Waals surface area contributed by atoms with Crippen LogP contribution in [0.2, 0.25) is 0 Å². The van der Waals surface area contributed by atoms with E-state index in [1.807, 2.05) is 32.0 Å². The highest BCUT2D eigenvalue weighted by Gasteiger charge is 2.31. The molecule has 12 nitrogen and oxygen atoms in total. The number of aromatic nitrogens is 1. The smallest absolute Gasteiger partial charge is 0.425 e. The molecule has 0 spiro atoms. The zero-order valence-electron chi connectivity index (χ0n) is 28.0. The Labute approximate surface area is 292 Å². The maximum Gasteiger partial charge on any atom is 0.425 e. The number of carbonyl (C=O) groups excluding carboxylic acids is 3. The lowest BCUT2D eigenvalue weighted by molar-refractivity contribution is -0.131. The fourth-order valence-corrected chi connectivity index (χ4v) is 6.02. The van der Waals surface area contributed by atoms with E-state index in [1.165, 1.54) is 6.20 Å². The van der Waals surface area contributed by atoms with Gasteiger partial charge in [0.2, 0.25) is 5.91 Å². The van der Waals surface area contributed by atoms with Crippen LogP contribution in [0, 0.1) is 6.92 Å². The van der Waals surface area contributed by atoms with Crippen LogP contribution in [-0.2, 0) is 20.8 Å². The molecule has 6 rings (SSSR count). The van der Waals surface area contributed by atoms with Crippen LogP contribution in [0.4, 0.5) is 31.6 Å². The lowest BCUT2D eigenvalue weighted by Gasteiger charge is -2.28. The van der Waals surface area contributed by atoms with Gasteiger partial charge >= 0.3 is 18.3 Å². The van der Waals surface area contributed by atoms with Crippen LogP contribution in [0.5, 0.6) is 0 Å². The number of amides is 4. The number of benzene rings is 3. The van der Waals surface area contributed by atoms with Crippen molar-refractivity contribution in [2.45, 2.75) is 58.7 Å². The number of ether oxygens (including phenoxy) is 2. The number of pyridine rings is 1. The van der Waals surface area contributed by atoms with Gasteiger partial charge in [0.25, 0.3) is 0 Å². The maximum absolute atomic E-state index is 14.3. The van der Waals surface area contributed by atoms with Crippen LogP contribution in [0.15, 0.2) is 71.3 Å². The van der Waals surface area contributed by atoms with Crippen LogP contribution in [0.1, 0.15) is 61.9 Å². The molecule has 3 heterocycles. The summed E-state index contributed by atoms with van der Waals surface area (Å²) in [5.41, 5.74) is 3.61. The first-order valence-electron chi connectivity index (χ1n) is 15.6. The minimum Gasteiger partial charge on any atom is -0.464 e. The average molecular weight is 733 g/mol. The minimum absolute atomic E-state index is 0.0976. The van der Waals surface area contributed by atoms with Gasteiger partial charge < -0.3 is 24.8 Å². The Morgan fingerprint density at radius 2 is 1.86 bits per heavy atom. The summed E-state index contributed by atoms with van der Waals surface area (Å²) in [6, 6.07) is 17.1. The number of rotatable bonds is 3. The number of imide groups is 1. The van der Waals surface area contributed by atoms with Crippen molar-refractivity contribution < 1.29 is 33.8 Å². The lowest BCUT2D eigenvalue weighted by atomic mass is 9.93. The first kappa shape index (κ1) is 35.1. The van der Waals surface area contributed by atoms with Crippen LogP contribution in [0.25, 0.3) is 10.8 Å². The van der Waals surface area contributed by atoms with Gasteiger partial charge in [-0.25, -0.2) is 19.4 Å². The van der Waals surface area contributed by atoms with Gasteiger partial charge in [0.1, 0.15) is 11.6 Å². The molecule has 13 heteroatoms. The number of fused-ring (bicyclic) bond motifs is 10. The van der Waals surface area contributed by atoms with Crippen molar-refractivity contribution in [2.24, 2.45) is 0 Å². The molecule has 4 aromatic rings. The van der Waals surface area contributed by atoms with Crippen molar-refractivity contribution in [1.82, 2.24) is 9.88 Å². The molecule has 0 saturated heterocycles. The second-order valence-corrected chi connectivity index (χ2v) is 13.8. The fraction of sp³-hybridized carbons (Fsp3) is 0.306. The maximum atomic E-state index is 14.3. The average Bonchev–Trinajstić information content (AvgIpc) is 3.02. The van der Waals surface area contributed by atoms with Gasteiger partial charge in [0, 0.05) is 46.9 Å². The molecule has 0 saturated carbocycles. The number of likely N-dealkylation sites (N-methyl/N-ethyl adjacent to an activating group) is 1. The molecule has 0 aliphatic carbocycles. The summed E-state index contributed by atoms with van der Waals surface area (Å²) in [4.78, 5) is 58.2. The fourth-order valence-electron chi connectivity index (χ4n) is 5.65. The Bertz CT molecular complexity index is 1940. The Kier molecular flexibility index (Phi) is 10.1. The Hall–Kier alpha value is -5.17. The summed E-state index contributed by atoms with van der Waals surface area (Å²) in [6.07, 6.45) is -1.75. The lowest BCUT2D eigenvalue weighted by Crippen LogP contribution is -2.40. The van der Waals surface area contributed by atoms with Gasteiger partial charge in [0.05, 0.1) is 6.61 Å². The number of nitrogens with one attached hydrogen (secondary N) is 2. The summed E-state index contributed by atoms with van der Waals surface area (Å²) in [7, 11) is 1.71. The first-order valence-corrected chi connectivity index (χ1v) is 16.4. The second kappa shape index (κ2) is 14.1. The number of hydrogen-bond donors (Lipinski definition) is 3. The van der Waals surface area contributed by atoms with E-state index in [-0.39, 0.29) is 30.8 Å². The molecule has 2 aliphatic heterocycles. The van der Waals surface area contributed by atoms with E-state index in [0.717, 1.165) is 26.7 Å². The van der Waals surface area contributed by atoms with Crippen molar-refractivity contribution in [3.63, 3.8) is 0 Å². The van der Waals surface area contributed by atoms with Gasteiger partial charge in [0.15, 0.2) is 5.82 Å². The number of anilines is 3. The van der Waals surface area contributed by atoms with Gasteiger partial charge in [-0.15, -0.1) is 0 Å². The van der Waals surface area contributed by atoms with Gasteiger partial charge in [-0.1, -0.05) is 41.1 Å². The monoisotopic (exact) mass is 731 g/mol. The topological polar surface area (TPSA) is 150 Å². The van der Waals surface area contributed by atoms with Crippen molar-refractivity contribution in [1.29, 1.82) is 0 Å². The summed E-state index contributed by atoms with van der Waals surface area (Å²) in [5.74, 6) is -0.415. The predicted octanol–water partition coefficient (Wildman–Crippen LogP) is 8.20.